The largest absolute Gasteiger partial charge is 0.455 e. The Hall–Kier alpha value is -5.92. The average molecular weight is 741 g/mol. The lowest BCUT2D eigenvalue weighted by atomic mass is 9.59. The molecule has 260 valence electrons. The van der Waals surface area contributed by atoms with Gasteiger partial charge in [-0.15, -0.1) is 21.9 Å². The molecule has 11 rings (SSSR count). The van der Waals surface area contributed by atoms with Crippen LogP contribution in [0.1, 0.15) is 25.0 Å². The van der Waals surface area contributed by atoms with E-state index >= 15 is 0 Å². The Morgan fingerprint density at radius 3 is 1.55 bits per heavy atom. The molecule has 0 bridgehead atoms. The Kier molecular flexibility index (Phi) is 8.06. The summed E-state index contributed by atoms with van der Waals surface area (Å²) in [5.41, 5.74) is 13.3. The van der Waals surface area contributed by atoms with Crippen molar-refractivity contribution in [3.8, 4) is 44.5 Å². The van der Waals surface area contributed by atoms with E-state index in [1.165, 1.54) is 22.3 Å². The standard InChI is InChI=1S/C51H26B8O/c1-51(2)33-10-6-5-9-29(33)31-21-26(16-19-34(31)51)23-11-13-25(14-12-23)36-38-40(44(54)48(58)46(56)42(38)52)37(41-39(36)43(53)47(57)49(59)45(41)55)27-17-20-35-32(22-27)30-18-15-24-7-3-4-8-28(24)50(30)60-35/h3-22H,1-2H3. The Morgan fingerprint density at radius 2 is 0.900 bits per heavy atom. The molecule has 0 saturated carbocycles. The van der Waals surface area contributed by atoms with Crippen molar-refractivity contribution in [2.45, 2.75) is 19.3 Å². The summed E-state index contributed by atoms with van der Waals surface area (Å²) in [5.74, 6) is 0. The molecular weight excluding hydrogens is 715 g/mol. The predicted molar refractivity (Wildman–Crippen MR) is 263 cm³/mol. The van der Waals surface area contributed by atoms with E-state index in [1.807, 2.05) is 36.4 Å². The van der Waals surface area contributed by atoms with E-state index < -0.39 is 0 Å². The van der Waals surface area contributed by atoms with Crippen molar-refractivity contribution in [2.75, 3.05) is 0 Å². The highest BCUT2D eigenvalue weighted by Gasteiger charge is 2.35. The maximum atomic E-state index is 7.06. The predicted octanol–water partition coefficient (Wildman–Crippen LogP) is 4.70. The lowest BCUT2D eigenvalue weighted by molar-refractivity contribution is 0.660. The fraction of sp³-hybridized carbons (Fsp3) is 0.0588. The van der Waals surface area contributed by atoms with Gasteiger partial charge in [-0.2, -0.15) is 0 Å². The molecule has 1 aliphatic rings. The smallest absolute Gasteiger partial charge is 0.143 e. The first-order chi connectivity index (χ1) is 28.9. The SMILES string of the molecule is [B]c1c([B])c([B])c2c(-c3ccc4oc5c6ccccc6ccc5c4c3)c3c([B])c([B])c([B])c([B])c3c(-c3ccc(-c4ccc5c(c4)-c4ccccc4C5(C)C)cc3)c2c1[B]. The maximum Gasteiger partial charge on any atom is 0.143 e. The third-order valence-electron chi connectivity index (χ3n) is 13.1. The maximum absolute atomic E-state index is 7.06. The topological polar surface area (TPSA) is 13.1 Å². The molecule has 0 amide bonds. The summed E-state index contributed by atoms with van der Waals surface area (Å²) in [7, 11) is 54.9. The molecule has 9 heteroatoms. The highest BCUT2D eigenvalue weighted by atomic mass is 16.3. The van der Waals surface area contributed by atoms with Crippen LogP contribution >= 0.6 is 0 Å². The van der Waals surface area contributed by atoms with E-state index in [0.29, 0.717) is 32.7 Å². The van der Waals surface area contributed by atoms with E-state index in [2.05, 4.69) is 98.8 Å². The molecule has 1 aromatic heterocycles. The normalized spacial score (nSPS) is 13.2. The summed E-state index contributed by atoms with van der Waals surface area (Å²) in [4.78, 5) is 0. The number of hydrogen-bond acceptors (Lipinski definition) is 1. The Labute approximate surface area is 359 Å². The Bertz CT molecular complexity index is 3470. The fourth-order valence-corrected chi connectivity index (χ4v) is 9.91. The summed E-state index contributed by atoms with van der Waals surface area (Å²) in [6.07, 6.45) is 0. The molecule has 0 saturated heterocycles. The first kappa shape index (κ1) is 37.1. The molecule has 16 radical (unpaired) electrons. The van der Waals surface area contributed by atoms with E-state index in [9.17, 15) is 0 Å². The summed E-state index contributed by atoms with van der Waals surface area (Å²) in [6.45, 7) is 4.56. The van der Waals surface area contributed by atoms with E-state index in [0.717, 1.165) is 55.0 Å². The van der Waals surface area contributed by atoms with Gasteiger partial charge in [-0.1, -0.05) is 133 Å². The van der Waals surface area contributed by atoms with Gasteiger partial charge in [-0.3, -0.25) is 0 Å². The van der Waals surface area contributed by atoms with Crippen LogP contribution in [-0.2, 0) is 5.41 Å². The van der Waals surface area contributed by atoms with Gasteiger partial charge in [-0.25, -0.2) is 0 Å². The van der Waals surface area contributed by atoms with Gasteiger partial charge >= 0.3 is 0 Å². The molecule has 1 aliphatic carbocycles. The second kappa shape index (κ2) is 13.0. The van der Waals surface area contributed by atoms with Crippen LogP contribution in [0.25, 0.3) is 98.8 Å². The first-order valence-electron chi connectivity index (χ1n) is 19.8. The molecule has 10 aromatic rings. The molecule has 0 spiro atoms. The summed E-state index contributed by atoms with van der Waals surface area (Å²) in [5, 5.41) is 6.24. The molecule has 1 heterocycles. The minimum absolute atomic E-state index is 0.0877. The van der Waals surface area contributed by atoms with Gasteiger partial charge in [0.15, 0.2) is 0 Å². The molecule has 1 nitrogen and oxygen atoms in total. The van der Waals surface area contributed by atoms with Crippen molar-refractivity contribution in [3.05, 3.63) is 132 Å². The molecule has 0 aliphatic heterocycles. The van der Waals surface area contributed by atoms with Gasteiger partial charge in [0.05, 0.1) is 0 Å². The number of furan rings is 1. The van der Waals surface area contributed by atoms with Crippen LogP contribution in [0.15, 0.2) is 126 Å². The third-order valence-corrected chi connectivity index (χ3v) is 13.1. The van der Waals surface area contributed by atoms with Crippen molar-refractivity contribution in [3.63, 3.8) is 0 Å². The highest BCUT2D eigenvalue weighted by molar-refractivity contribution is 6.71. The molecule has 0 atom stereocenters. The second-order valence-corrected chi connectivity index (χ2v) is 16.5. The third kappa shape index (κ3) is 4.99. The fourth-order valence-electron chi connectivity index (χ4n) is 9.91. The zero-order chi connectivity index (χ0) is 41.5. The average Bonchev–Trinajstić information content (AvgIpc) is 3.76. The molecular formula is C51H26B8O. The van der Waals surface area contributed by atoms with Gasteiger partial charge < -0.3 is 4.42 Å². The van der Waals surface area contributed by atoms with Crippen molar-refractivity contribution >= 4 is 161 Å². The van der Waals surface area contributed by atoms with Crippen LogP contribution in [0.2, 0.25) is 0 Å². The Balaban J connectivity index is 1.19. The Morgan fingerprint density at radius 1 is 0.383 bits per heavy atom. The van der Waals surface area contributed by atoms with Gasteiger partial charge in [0.1, 0.15) is 73.9 Å². The number of rotatable bonds is 3. The van der Waals surface area contributed by atoms with Crippen molar-refractivity contribution in [1.82, 2.24) is 0 Å². The van der Waals surface area contributed by atoms with Crippen molar-refractivity contribution in [2.24, 2.45) is 0 Å². The zero-order valence-electron chi connectivity index (χ0n) is 33.1. The number of fused-ring (bicyclic) bond motifs is 10. The molecule has 0 unspecified atom stereocenters. The molecule has 9 aromatic carbocycles. The minimum atomic E-state index is -0.0877. The number of hydrogen-bond donors (Lipinski definition) is 0. The lowest BCUT2D eigenvalue weighted by Gasteiger charge is -2.28. The quantitative estimate of drug-likeness (QED) is 0.189. The van der Waals surface area contributed by atoms with Crippen LogP contribution in [0, 0.1) is 0 Å². The molecule has 0 N–H and O–H groups in total. The van der Waals surface area contributed by atoms with Crippen molar-refractivity contribution in [1.29, 1.82) is 0 Å². The van der Waals surface area contributed by atoms with E-state index in [4.69, 9.17) is 67.2 Å². The summed E-state index contributed by atoms with van der Waals surface area (Å²) >= 11 is 0. The first-order valence-corrected chi connectivity index (χ1v) is 19.8. The highest BCUT2D eigenvalue weighted by Crippen LogP contribution is 2.50. The van der Waals surface area contributed by atoms with Gasteiger partial charge in [0.25, 0.3) is 0 Å². The van der Waals surface area contributed by atoms with Crippen LogP contribution in [-0.4, -0.2) is 62.8 Å². The zero-order valence-corrected chi connectivity index (χ0v) is 33.1. The van der Waals surface area contributed by atoms with E-state index in [1.54, 1.807) is 0 Å². The van der Waals surface area contributed by atoms with Gasteiger partial charge in [0, 0.05) is 21.6 Å². The monoisotopic (exact) mass is 742 g/mol. The van der Waals surface area contributed by atoms with Crippen LogP contribution in [0.3, 0.4) is 0 Å². The molecule has 0 fully saturated rings. The van der Waals surface area contributed by atoms with Gasteiger partial charge in [-0.05, 0) is 107 Å². The van der Waals surface area contributed by atoms with E-state index in [-0.39, 0.29) is 49.1 Å². The van der Waals surface area contributed by atoms with Crippen LogP contribution in [0.4, 0.5) is 0 Å². The van der Waals surface area contributed by atoms with Gasteiger partial charge in [0.2, 0.25) is 0 Å². The summed E-state index contributed by atoms with van der Waals surface area (Å²) < 4.78 is 6.49. The summed E-state index contributed by atoms with van der Waals surface area (Å²) in [6, 6.07) is 41.9. The second-order valence-electron chi connectivity index (χ2n) is 16.5. The van der Waals surface area contributed by atoms with Crippen LogP contribution < -0.4 is 43.7 Å². The number of benzene rings is 9. The van der Waals surface area contributed by atoms with Crippen molar-refractivity contribution < 1.29 is 4.42 Å². The van der Waals surface area contributed by atoms with Crippen LogP contribution in [0.5, 0.6) is 0 Å². The lowest BCUT2D eigenvalue weighted by Crippen LogP contribution is -2.50. The molecule has 60 heavy (non-hydrogen) atoms. The minimum Gasteiger partial charge on any atom is -0.455 e.